The van der Waals surface area contributed by atoms with Crippen LogP contribution in [-0.4, -0.2) is 8.07 Å². The first kappa shape index (κ1) is 10.3. The summed E-state index contributed by atoms with van der Waals surface area (Å²) in [5, 5.41) is 4.04. The molecule has 0 N–H and O–H groups in total. The first-order valence-corrected chi connectivity index (χ1v) is 8.18. The SMILES string of the molecule is C=c1cccc/c1=C(/C)[Si](C)(C)C. The molecule has 0 unspecified atom stereocenters. The van der Waals surface area contributed by atoms with Crippen LogP contribution in [0.25, 0.3) is 11.8 Å². The van der Waals surface area contributed by atoms with Crippen LogP contribution in [0.15, 0.2) is 24.3 Å². The van der Waals surface area contributed by atoms with E-state index in [0.29, 0.717) is 0 Å². The maximum absolute atomic E-state index is 4.06. The summed E-state index contributed by atoms with van der Waals surface area (Å²) in [7, 11) is -1.16. The van der Waals surface area contributed by atoms with Gasteiger partial charge in [0.05, 0.1) is 8.07 Å². The second-order valence-corrected chi connectivity index (χ2v) is 9.78. The van der Waals surface area contributed by atoms with E-state index in [1.807, 2.05) is 6.07 Å². The monoisotopic (exact) mass is 190 g/mol. The highest BCUT2D eigenvalue weighted by Gasteiger charge is 2.15. The van der Waals surface area contributed by atoms with E-state index in [4.69, 9.17) is 0 Å². The molecule has 0 nitrogen and oxygen atoms in total. The van der Waals surface area contributed by atoms with E-state index < -0.39 is 8.07 Å². The van der Waals surface area contributed by atoms with Gasteiger partial charge in [-0.25, -0.2) is 0 Å². The second kappa shape index (κ2) is 3.50. The van der Waals surface area contributed by atoms with Crippen LogP contribution >= 0.6 is 0 Å². The van der Waals surface area contributed by atoms with E-state index in [0.717, 1.165) is 5.22 Å². The van der Waals surface area contributed by atoms with Crippen molar-refractivity contribution >= 4 is 19.8 Å². The summed E-state index contributed by atoms with van der Waals surface area (Å²) >= 11 is 0. The van der Waals surface area contributed by atoms with E-state index in [2.05, 4.69) is 51.3 Å². The predicted octanol–water partition coefficient (Wildman–Crippen LogP) is 2.14. The molecule has 1 aromatic rings. The van der Waals surface area contributed by atoms with Crippen LogP contribution in [0.4, 0.5) is 0 Å². The lowest BCUT2D eigenvalue weighted by molar-refractivity contribution is 1.49. The molecule has 0 spiro atoms. The van der Waals surface area contributed by atoms with Crippen LogP contribution in [0.3, 0.4) is 0 Å². The molecule has 0 fully saturated rings. The molecule has 0 aliphatic rings. The molecular formula is C12H18Si. The van der Waals surface area contributed by atoms with Crippen molar-refractivity contribution in [2.24, 2.45) is 0 Å². The minimum atomic E-state index is -1.16. The molecule has 0 atom stereocenters. The molecule has 0 heterocycles. The van der Waals surface area contributed by atoms with E-state index in [1.165, 1.54) is 10.4 Å². The van der Waals surface area contributed by atoms with E-state index in [-0.39, 0.29) is 0 Å². The highest BCUT2D eigenvalue weighted by Crippen LogP contribution is 2.11. The van der Waals surface area contributed by atoms with Gasteiger partial charge in [-0.1, -0.05) is 55.7 Å². The first-order chi connectivity index (χ1) is 5.93. The summed E-state index contributed by atoms with van der Waals surface area (Å²) in [5.41, 5.74) is 0. The Bertz CT molecular complexity index is 396. The third kappa shape index (κ3) is 2.31. The van der Waals surface area contributed by atoms with E-state index >= 15 is 0 Å². The fourth-order valence-corrected chi connectivity index (χ4v) is 2.34. The summed E-state index contributed by atoms with van der Waals surface area (Å²) in [6.45, 7) is 13.4. The second-order valence-electron chi connectivity index (χ2n) is 4.53. The summed E-state index contributed by atoms with van der Waals surface area (Å²) in [6, 6.07) is 8.39. The van der Waals surface area contributed by atoms with Crippen molar-refractivity contribution in [1.82, 2.24) is 0 Å². The van der Waals surface area contributed by atoms with Crippen molar-refractivity contribution in [3.63, 3.8) is 0 Å². The van der Waals surface area contributed by atoms with Crippen LogP contribution < -0.4 is 10.4 Å². The summed E-state index contributed by atoms with van der Waals surface area (Å²) in [5.74, 6) is 0. The standard InChI is InChI=1S/C12H18Si/c1-10-8-6-7-9-12(10)11(2)13(3,4)5/h6-9H,1H2,2-5H3/b12-11+. The third-order valence-corrected chi connectivity index (χ3v) is 5.07. The number of hydrogen-bond acceptors (Lipinski definition) is 0. The first-order valence-electron chi connectivity index (χ1n) is 4.68. The molecule has 0 aliphatic heterocycles. The highest BCUT2D eigenvalue weighted by atomic mass is 28.3. The van der Waals surface area contributed by atoms with E-state index in [9.17, 15) is 0 Å². The van der Waals surface area contributed by atoms with Crippen molar-refractivity contribution in [3.05, 3.63) is 34.7 Å². The average Bonchev–Trinajstić information content (AvgIpc) is 2.02. The van der Waals surface area contributed by atoms with Gasteiger partial charge in [0.15, 0.2) is 0 Å². The van der Waals surface area contributed by atoms with Gasteiger partial charge < -0.3 is 0 Å². The van der Waals surface area contributed by atoms with Gasteiger partial charge in [0.1, 0.15) is 0 Å². The normalized spacial score (nSPS) is 14.2. The molecule has 13 heavy (non-hydrogen) atoms. The van der Waals surface area contributed by atoms with Crippen molar-refractivity contribution in [1.29, 1.82) is 0 Å². The Morgan fingerprint density at radius 2 is 1.69 bits per heavy atom. The maximum atomic E-state index is 4.06. The lowest BCUT2D eigenvalue weighted by atomic mass is 10.2. The summed E-state index contributed by atoms with van der Waals surface area (Å²) < 4.78 is 0. The Labute approximate surface area is 81.6 Å². The highest BCUT2D eigenvalue weighted by molar-refractivity contribution is 6.91. The van der Waals surface area contributed by atoms with Crippen molar-refractivity contribution in [3.8, 4) is 0 Å². The predicted molar refractivity (Wildman–Crippen MR) is 63.6 cm³/mol. The fourth-order valence-electron chi connectivity index (χ4n) is 1.29. The molecule has 1 aromatic carbocycles. The van der Waals surface area contributed by atoms with Gasteiger partial charge in [-0.05, 0) is 17.4 Å². The minimum Gasteiger partial charge on any atom is -0.0912 e. The largest absolute Gasteiger partial charge is 0.0912 e. The van der Waals surface area contributed by atoms with E-state index in [1.54, 1.807) is 0 Å². The fraction of sp³-hybridized carbons (Fsp3) is 0.333. The van der Waals surface area contributed by atoms with Crippen LogP contribution in [0.1, 0.15) is 6.92 Å². The summed E-state index contributed by atoms with van der Waals surface area (Å²) in [4.78, 5) is 0. The Balaban J connectivity index is 3.52. The molecule has 0 bridgehead atoms. The quantitative estimate of drug-likeness (QED) is 0.595. The Morgan fingerprint density at radius 1 is 1.15 bits per heavy atom. The molecule has 0 amide bonds. The molecule has 1 heteroatoms. The maximum Gasteiger partial charge on any atom is 0.0728 e. The Kier molecular flexibility index (Phi) is 2.76. The Hall–Kier alpha value is -0.823. The lowest BCUT2D eigenvalue weighted by Crippen LogP contribution is -2.34. The molecule has 70 valence electrons. The van der Waals surface area contributed by atoms with Crippen molar-refractivity contribution in [2.45, 2.75) is 26.6 Å². The van der Waals surface area contributed by atoms with Crippen molar-refractivity contribution < 1.29 is 0 Å². The van der Waals surface area contributed by atoms with Gasteiger partial charge in [-0.15, -0.1) is 0 Å². The number of hydrogen-bond donors (Lipinski definition) is 0. The van der Waals surface area contributed by atoms with Gasteiger partial charge in [-0.3, -0.25) is 0 Å². The van der Waals surface area contributed by atoms with Gasteiger partial charge >= 0.3 is 0 Å². The van der Waals surface area contributed by atoms with Gasteiger partial charge in [0, 0.05) is 0 Å². The number of benzene rings is 1. The molecule has 0 saturated heterocycles. The van der Waals surface area contributed by atoms with Crippen LogP contribution in [-0.2, 0) is 0 Å². The molecular weight excluding hydrogens is 172 g/mol. The zero-order valence-electron chi connectivity index (χ0n) is 9.02. The molecule has 0 aliphatic carbocycles. The van der Waals surface area contributed by atoms with Gasteiger partial charge in [0.25, 0.3) is 0 Å². The van der Waals surface area contributed by atoms with Crippen LogP contribution in [0.5, 0.6) is 0 Å². The smallest absolute Gasteiger partial charge is 0.0728 e. The zero-order valence-corrected chi connectivity index (χ0v) is 10.0. The lowest BCUT2D eigenvalue weighted by Gasteiger charge is -2.17. The molecule has 0 radical (unpaired) electrons. The molecule has 0 aromatic heterocycles. The average molecular weight is 190 g/mol. The van der Waals surface area contributed by atoms with Crippen molar-refractivity contribution in [2.75, 3.05) is 0 Å². The Morgan fingerprint density at radius 3 is 2.15 bits per heavy atom. The molecule has 1 rings (SSSR count). The molecule has 0 saturated carbocycles. The van der Waals surface area contributed by atoms with Crippen LogP contribution in [0, 0.1) is 0 Å². The van der Waals surface area contributed by atoms with Gasteiger partial charge in [-0.2, -0.15) is 0 Å². The topological polar surface area (TPSA) is 0 Å². The summed E-state index contributed by atoms with van der Waals surface area (Å²) in [6.07, 6.45) is 0. The number of rotatable bonds is 1. The minimum absolute atomic E-state index is 1.16. The van der Waals surface area contributed by atoms with Gasteiger partial charge in [0.2, 0.25) is 0 Å². The van der Waals surface area contributed by atoms with Crippen LogP contribution in [0.2, 0.25) is 19.6 Å². The third-order valence-electron chi connectivity index (χ3n) is 2.55. The zero-order chi connectivity index (χ0) is 10.1.